The molecule has 1 aliphatic carbocycles. The van der Waals surface area contributed by atoms with Gasteiger partial charge >= 0.3 is 0 Å². The van der Waals surface area contributed by atoms with Gasteiger partial charge in [-0.1, -0.05) is 20.8 Å². The van der Waals surface area contributed by atoms with Gasteiger partial charge in [-0.3, -0.25) is 0 Å². The van der Waals surface area contributed by atoms with E-state index >= 15 is 0 Å². The van der Waals surface area contributed by atoms with Crippen LogP contribution in [-0.4, -0.2) is 13.2 Å². The Kier molecular flexibility index (Phi) is 3.57. The largest absolute Gasteiger partial charge is 0.381 e. The molecule has 0 spiro atoms. The highest BCUT2D eigenvalue weighted by Crippen LogP contribution is 2.37. The first-order valence-corrected chi connectivity index (χ1v) is 5.16. The first-order valence-electron chi connectivity index (χ1n) is 5.16. The maximum Gasteiger partial charge on any atom is 0.0576 e. The van der Waals surface area contributed by atoms with Gasteiger partial charge in [0, 0.05) is 7.11 Å². The number of methoxy groups -OCH3 is 1. The molecule has 1 nitrogen and oxygen atoms in total. The van der Waals surface area contributed by atoms with Crippen LogP contribution in [0.2, 0.25) is 0 Å². The number of hydrogen-bond donors (Lipinski definition) is 0. The number of hydrogen-bond acceptors (Lipinski definition) is 1. The molecule has 0 radical (unpaired) electrons. The SMILES string of the molecule is COC1CC([C@@H](C)CC(C)C)C1. The van der Waals surface area contributed by atoms with E-state index in [1.165, 1.54) is 19.3 Å². The Labute approximate surface area is 76.5 Å². The molecule has 0 bridgehead atoms. The second-order valence-electron chi connectivity index (χ2n) is 4.70. The van der Waals surface area contributed by atoms with E-state index in [4.69, 9.17) is 4.74 Å². The molecule has 12 heavy (non-hydrogen) atoms. The summed E-state index contributed by atoms with van der Waals surface area (Å²) in [5.41, 5.74) is 0. The van der Waals surface area contributed by atoms with Crippen LogP contribution in [0.4, 0.5) is 0 Å². The van der Waals surface area contributed by atoms with Crippen LogP contribution in [0.3, 0.4) is 0 Å². The second kappa shape index (κ2) is 4.27. The van der Waals surface area contributed by atoms with Crippen molar-refractivity contribution < 1.29 is 4.74 Å². The summed E-state index contributed by atoms with van der Waals surface area (Å²) in [5.74, 6) is 2.69. The van der Waals surface area contributed by atoms with Crippen molar-refractivity contribution >= 4 is 0 Å². The molecule has 72 valence electrons. The molecule has 0 aromatic rings. The van der Waals surface area contributed by atoms with Gasteiger partial charge in [-0.25, -0.2) is 0 Å². The lowest BCUT2D eigenvalue weighted by Crippen LogP contribution is -2.34. The highest BCUT2D eigenvalue weighted by atomic mass is 16.5. The molecule has 0 aromatic carbocycles. The Bertz CT molecular complexity index is 125. The zero-order valence-corrected chi connectivity index (χ0v) is 8.84. The Hall–Kier alpha value is -0.0400. The molecule has 0 unspecified atom stereocenters. The summed E-state index contributed by atoms with van der Waals surface area (Å²) >= 11 is 0. The van der Waals surface area contributed by atoms with Gasteiger partial charge in [0.25, 0.3) is 0 Å². The van der Waals surface area contributed by atoms with Crippen molar-refractivity contribution in [2.24, 2.45) is 17.8 Å². The van der Waals surface area contributed by atoms with Gasteiger partial charge in [-0.05, 0) is 37.0 Å². The summed E-state index contributed by atoms with van der Waals surface area (Å²) in [6, 6.07) is 0. The van der Waals surface area contributed by atoms with Gasteiger partial charge in [0.2, 0.25) is 0 Å². The highest BCUT2D eigenvalue weighted by molar-refractivity contribution is 4.83. The molecule has 1 fully saturated rings. The van der Waals surface area contributed by atoms with Crippen molar-refractivity contribution in [2.75, 3.05) is 7.11 Å². The molecule has 0 heterocycles. The molecule has 1 atom stereocenters. The molecule has 0 amide bonds. The molecule has 1 aliphatic rings. The average molecular weight is 170 g/mol. The van der Waals surface area contributed by atoms with E-state index in [0.717, 1.165) is 17.8 Å². The summed E-state index contributed by atoms with van der Waals surface area (Å²) in [6.45, 7) is 7.00. The number of ether oxygens (including phenoxy) is 1. The van der Waals surface area contributed by atoms with Gasteiger partial charge in [0.05, 0.1) is 6.10 Å². The van der Waals surface area contributed by atoms with E-state index in [1.54, 1.807) is 0 Å². The summed E-state index contributed by atoms with van der Waals surface area (Å²) in [7, 11) is 1.83. The first-order chi connectivity index (χ1) is 5.63. The lowest BCUT2D eigenvalue weighted by molar-refractivity contribution is -0.0204. The van der Waals surface area contributed by atoms with Crippen LogP contribution >= 0.6 is 0 Å². The minimum Gasteiger partial charge on any atom is -0.381 e. The highest BCUT2D eigenvalue weighted by Gasteiger charge is 2.32. The van der Waals surface area contributed by atoms with Crippen LogP contribution in [0.5, 0.6) is 0 Å². The summed E-state index contributed by atoms with van der Waals surface area (Å²) in [4.78, 5) is 0. The van der Waals surface area contributed by atoms with Crippen molar-refractivity contribution in [2.45, 2.75) is 46.1 Å². The maximum atomic E-state index is 5.27. The Morgan fingerprint density at radius 2 is 1.83 bits per heavy atom. The lowest BCUT2D eigenvalue weighted by atomic mass is 9.72. The van der Waals surface area contributed by atoms with E-state index in [1.807, 2.05) is 7.11 Å². The third kappa shape index (κ3) is 2.48. The zero-order valence-electron chi connectivity index (χ0n) is 8.84. The van der Waals surface area contributed by atoms with Crippen LogP contribution in [-0.2, 0) is 4.74 Å². The van der Waals surface area contributed by atoms with Crippen molar-refractivity contribution in [3.05, 3.63) is 0 Å². The van der Waals surface area contributed by atoms with Gasteiger partial charge in [0.1, 0.15) is 0 Å². The average Bonchev–Trinajstić information content (AvgIpc) is 1.82. The Balaban J connectivity index is 2.14. The standard InChI is InChI=1S/C11H22O/c1-8(2)5-9(3)10-6-11(7-10)12-4/h8-11H,5-7H2,1-4H3/t9-,10?,11?/m0/s1. The quantitative estimate of drug-likeness (QED) is 0.630. The van der Waals surface area contributed by atoms with Gasteiger partial charge < -0.3 is 4.74 Å². The Morgan fingerprint density at radius 1 is 1.25 bits per heavy atom. The van der Waals surface area contributed by atoms with Crippen LogP contribution in [0, 0.1) is 17.8 Å². The molecule has 0 saturated heterocycles. The fourth-order valence-corrected chi connectivity index (χ4v) is 2.20. The van der Waals surface area contributed by atoms with Crippen LogP contribution < -0.4 is 0 Å². The molecule has 1 heteroatoms. The van der Waals surface area contributed by atoms with Crippen molar-refractivity contribution in [3.8, 4) is 0 Å². The summed E-state index contributed by atoms with van der Waals surface area (Å²) in [5, 5.41) is 0. The van der Waals surface area contributed by atoms with E-state index < -0.39 is 0 Å². The van der Waals surface area contributed by atoms with Gasteiger partial charge in [0.15, 0.2) is 0 Å². The van der Waals surface area contributed by atoms with Crippen LogP contribution in [0.1, 0.15) is 40.0 Å². The predicted molar refractivity (Wildman–Crippen MR) is 52.1 cm³/mol. The van der Waals surface area contributed by atoms with Crippen molar-refractivity contribution in [1.29, 1.82) is 0 Å². The van der Waals surface area contributed by atoms with E-state index in [-0.39, 0.29) is 0 Å². The maximum absolute atomic E-state index is 5.27. The van der Waals surface area contributed by atoms with E-state index in [2.05, 4.69) is 20.8 Å². The Morgan fingerprint density at radius 3 is 2.25 bits per heavy atom. The van der Waals surface area contributed by atoms with Crippen LogP contribution in [0.25, 0.3) is 0 Å². The minimum absolute atomic E-state index is 0.574. The smallest absolute Gasteiger partial charge is 0.0576 e. The third-order valence-electron chi connectivity index (χ3n) is 3.11. The topological polar surface area (TPSA) is 9.23 Å². The zero-order chi connectivity index (χ0) is 9.14. The fourth-order valence-electron chi connectivity index (χ4n) is 2.20. The van der Waals surface area contributed by atoms with Crippen molar-refractivity contribution in [1.82, 2.24) is 0 Å². The monoisotopic (exact) mass is 170 g/mol. The molecule has 0 aliphatic heterocycles. The molecular weight excluding hydrogens is 148 g/mol. The second-order valence-corrected chi connectivity index (χ2v) is 4.70. The van der Waals surface area contributed by atoms with Gasteiger partial charge in [-0.15, -0.1) is 0 Å². The number of rotatable bonds is 4. The molecule has 1 rings (SSSR count). The minimum atomic E-state index is 0.574. The van der Waals surface area contributed by atoms with Gasteiger partial charge in [-0.2, -0.15) is 0 Å². The molecule has 0 N–H and O–H groups in total. The normalized spacial score (nSPS) is 31.8. The fraction of sp³-hybridized carbons (Fsp3) is 1.00. The third-order valence-corrected chi connectivity index (χ3v) is 3.11. The van der Waals surface area contributed by atoms with E-state index in [0.29, 0.717) is 6.10 Å². The predicted octanol–water partition coefficient (Wildman–Crippen LogP) is 3.09. The lowest BCUT2D eigenvalue weighted by Gasteiger charge is -2.38. The van der Waals surface area contributed by atoms with E-state index in [9.17, 15) is 0 Å². The summed E-state index contributed by atoms with van der Waals surface area (Å²) < 4.78 is 5.27. The van der Waals surface area contributed by atoms with Crippen molar-refractivity contribution in [3.63, 3.8) is 0 Å². The van der Waals surface area contributed by atoms with Crippen LogP contribution in [0.15, 0.2) is 0 Å². The molecular formula is C11H22O. The molecule has 0 aromatic heterocycles. The summed E-state index contributed by atoms with van der Waals surface area (Å²) in [6.07, 6.45) is 4.54. The first kappa shape index (κ1) is 10.0. The molecule has 1 saturated carbocycles.